The summed E-state index contributed by atoms with van der Waals surface area (Å²) in [5, 5.41) is 11.3. The highest BCUT2D eigenvalue weighted by Gasteiger charge is 2.13. The maximum atomic E-state index is 9.26. The average Bonchev–Trinajstić information content (AvgIpc) is 2.80. The molecule has 1 unspecified atom stereocenters. The van der Waals surface area contributed by atoms with Crippen LogP contribution in [-0.4, -0.2) is 0 Å². The van der Waals surface area contributed by atoms with Gasteiger partial charge in [-0.3, -0.25) is 0 Å². The molecular weight excluding hydrogens is 214 g/mol. The lowest BCUT2D eigenvalue weighted by Crippen LogP contribution is -2.01. The molecule has 0 amide bonds. The Morgan fingerprint density at radius 3 is 2.69 bits per heavy atom. The van der Waals surface area contributed by atoms with E-state index in [1.54, 1.807) is 11.3 Å². The Kier molecular flexibility index (Phi) is 3.38. The molecule has 0 aliphatic rings. The molecule has 0 N–H and O–H groups in total. The molecule has 0 radical (unpaired) electrons. The topological polar surface area (TPSA) is 23.8 Å². The van der Waals surface area contributed by atoms with Gasteiger partial charge in [0, 0.05) is 11.3 Å². The van der Waals surface area contributed by atoms with Crippen LogP contribution in [0.2, 0.25) is 0 Å². The monoisotopic (exact) mass is 227 g/mol. The highest BCUT2D eigenvalue weighted by Crippen LogP contribution is 2.25. The quantitative estimate of drug-likeness (QED) is 0.780. The Morgan fingerprint density at radius 1 is 1.25 bits per heavy atom. The van der Waals surface area contributed by atoms with Crippen LogP contribution in [0.3, 0.4) is 0 Å². The van der Waals surface area contributed by atoms with Gasteiger partial charge in [-0.15, -0.1) is 11.3 Å². The Balaban J connectivity index is 2.24. The van der Waals surface area contributed by atoms with E-state index in [9.17, 15) is 5.26 Å². The number of benzene rings is 1. The average molecular weight is 227 g/mol. The molecule has 1 nitrogen and oxygen atoms in total. The molecule has 2 aromatic rings. The predicted octanol–water partition coefficient (Wildman–Crippen LogP) is 3.91. The lowest BCUT2D eigenvalue weighted by molar-refractivity contribution is 0.854. The molecule has 0 saturated heterocycles. The zero-order valence-electron chi connectivity index (χ0n) is 9.18. The van der Waals surface area contributed by atoms with Gasteiger partial charge in [0.15, 0.2) is 0 Å². The maximum absolute atomic E-state index is 9.26. The second-order valence-corrected chi connectivity index (χ2v) is 4.85. The van der Waals surface area contributed by atoms with E-state index >= 15 is 0 Å². The number of hydrogen-bond acceptors (Lipinski definition) is 2. The van der Waals surface area contributed by atoms with Crippen LogP contribution in [0.15, 0.2) is 41.8 Å². The highest BCUT2D eigenvalue weighted by molar-refractivity contribution is 7.09. The van der Waals surface area contributed by atoms with E-state index in [-0.39, 0.29) is 5.92 Å². The van der Waals surface area contributed by atoms with Gasteiger partial charge >= 0.3 is 0 Å². The first-order valence-corrected chi connectivity index (χ1v) is 6.16. The van der Waals surface area contributed by atoms with Crippen molar-refractivity contribution in [3.05, 3.63) is 57.8 Å². The number of aryl methyl sites for hydroxylation is 1. The lowest BCUT2D eigenvalue weighted by atomic mass is 9.93. The summed E-state index contributed by atoms with van der Waals surface area (Å²) in [7, 11) is 0. The van der Waals surface area contributed by atoms with Crippen molar-refractivity contribution in [3.63, 3.8) is 0 Å². The molecule has 0 spiro atoms. The van der Waals surface area contributed by atoms with Crippen LogP contribution in [0.5, 0.6) is 0 Å². The normalized spacial score (nSPS) is 12.0. The number of nitrogens with zero attached hydrogens (tertiary/aromatic N) is 1. The van der Waals surface area contributed by atoms with E-state index in [1.807, 2.05) is 18.2 Å². The molecule has 0 aliphatic heterocycles. The summed E-state index contributed by atoms with van der Waals surface area (Å²) in [6.45, 7) is 2.06. The molecule has 0 fully saturated rings. The maximum Gasteiger partial charge on any atom is 0.0763 e. The van der Waals surface area contributed by atoms with Crippen molar-refractivity contribution in [1.82, 2.24) is 0 Å². The van der Waals surface area contributed by atoms with E-state index in [0.717, 1.165) is 12.0 Å². The Morgan fingerprint density at radius 2 is 2.06 bits per heavy atom. The second-order valence-electron chi connectivity index (χ2n) is 3.82. The molecular formula is C14H13NS. The molecule has 1 aromatic carbocycles. The van der Waals surface area contributed by atoms with E-state index < -0.39 is 0 Å². The van der Waals surface area contributed by atoms with Crippen molar-refractivity contribution in [2.45, 2.75) is 19.3 Å². The van der Waals surface area contributed by atoms with Gasteiger partial charge < -0.3 is 0 Å². The van der Waals surface area contributed by atoms with Crippen molar-refractivity contribution >= 4 is 11.3 Å². The van der Waals surface area contributed by atoms with Crippen molar-refractivity contribution in [1.29, 1.82) is 5.26 Å². The van der Waals surface area contributed by atoms with E-state index in [2.05, 4.69) is 36.6 Å². The SMILES string of the molecule is Cc1ccccc1C(C#N)Cc1cccs1. The highest BCUT2D eigenvalue weighted by atomic mass is 32.1. The van der Waals surface area contributed by atoms with Crippen LogP contribution in [-0.2, 0) is 6.42 Å². The molecule has 16 heavy (non-hydrogen) atoms. The Bertz CT molecular complexity index is 494. The molecule has 80 valence electrons. The third-order valence-electron chi connectivity index (χ3n) is 2.71. The molecule has 1 heterocycles. The molecule has 2 rings (SSSR count). The van der Waals surface area contributed by atoms with Crippen LogP contribution < -0.4 is 0 Å². The minimum atomic E-state index is -0.0279. The predicted molar refractivity (Wildman–Crippen MR) is 67.6 cm³/mol. The van der Waals surface area contributed by atoms with Gasteiger partial charge in [-0.2, -0.15) is 5.26 Å². The van der Waals surface area contributed by atoms with Gasteiger partial charge in [-0.05, 0) is 29.5 Å². The van der Waals surface area contributed by atoms with Gasteiger partial charge in [0.1, 0.15) is 0 Å². The standard InChI is InChI=1S/C14H13NS/c1-11-5-2-3-7-14(11)12(10-15)9-13-6-4-8-16-13/h2-8,12H,9H2,1H3. The Hall–Kier alpha value is -1.59. The summed E-state index contributed by atoms with van der Waals surface area (Å²) in [4.78, 5) is 1.27. The first-order chi connectivity index (χ1) is 7.81. The number of nitriles is 1. The van der Waals surface area contributed by atoms with Gasteiger partial charge in [-0.1, -0.05) is 30.3 Å². The summed E-state index contributed by atoms with van der Waals surface area (Å²) in [5.41, 5.74) is 2.35. The smallest absolute Gasteiger partial charge is 0.0763 e. The van der Waals surface area contributed by atoms with Crippen LogP contribution >= 0.6 is 11.3 Å². The molecule has 1 atom stereocenters. The number of rotatable bonds is 3. The van der Waals surface area contributed by atoms with Gasteiger partial charge in [0.05, 0.1) is 12.0 Å². The van der Waals surface area contributed by atoms with Gasteiger partial charge in [0.25, 0.3) is 0 Å². The number of hydrogen-bond donors (Lipinski definition) is 0. The molecule has 1 aromatic heterocycles. The fourth-order valence-corrected chi connectivity index (χ4v) is 2.58. The molecule has 0 aliphatic carbocycles. The third kappa shape index (κ3) is 2.32. The largest absolute Gasteiger partial charge is 0.198 e. The molecule has 0 bridgehead atoms. The van der Waals surface area contributed by atoms with Crippen LogP contribution in [0.4, 0.5) is 0 Å². The van der Waals surface area contributed by atoms with Gasteiger partial charge in [-0.25, -0.2) is 0 Å². The van der Waals surface area contributed by atoms with E-state index in [4.69, 9.17) is 0 Å². The first-order valence-electron chi connectivity index (χ1n) is 5.29. The second kappa shape index (κ2) is 4.96. The van der Waals surface area contributed by atoms with Crippen molar-refractivity contribution in [2.24, 2.45) is 0 Å². The summed E-state index contributed by atoms with van der Waals surface area (Å²) < 4.78 is 0. The van der Waals surface area contributed by atoms with Gasteiger partial charge in [0.2, 0.25) is 0 Å². The molecule has 0 saturated carbocycles. The first kappa shape index (κ1) is 10.9. The zero-order chi connectivity index (χ0) is 11.4. The summed E-state index contributed by atoms with van der Waals surface area (Å²) >= 11 is 1.72. The van der Waals surface area contributed by atoms with Crippen molar-refractivity contribution in [3.8, 4) is 6.07 Å². The number of thiophene rings is 1. The summed E-state index contributed by atoms with van der Waals surface area (Å²) in [6, 6.07) is 14.7. The summed E-state index contributed by atoms with van der Waals surface area (Å²) in [6.07, 6.45) is 0.818. The fourth-order valence-electron chi connectivity index (χ4n) is 1.83. The van der Waals surface area contributed by atoms with Crippen LogP contribution in [0, 0.1) is 18.3 Å². The molecule has 2 heteroatoms. The zero-order valence-corrected chi connectivity index (χ0v) is 10.00. The van der Waals surface area contributed by atoms with E-state index in [0.29, 0.717) is 0 Å². The summed E-state index contributed by atoms with van der Waals surface area (Å²) in [5.74, 6) is -0.0279. The van der Waals surface area contributed by atoms with Crippen LogP contribution in [0.1, 0.15) is 21.9 Å². The minimum Gasteiger partial charge on any atom is -0.198 e. The minimum absolute atomic E-state index is 0.0279. The van der Waals surface area contributed by atoms with E-state index in [1.165, 1.54) is 10.4 Å². The van der Waals surface area contributed by atoms with Crippen molar-refractivity contribution < 1.29 is 0 Å². The fraction of sp³-hybridized carbons (Fsp3) is 0.214. The van der Waals surface area contributed by atoms with Crippen molar-refractivity contribution in [2.75, 3.05) is 0 Å². The lowest BCUT2D eigenvalue weighted by Gasteiger charge is -2.10. The third-order valence-corrected chi connectivity index (χ3v) is 3.60. The van der Waals surface area contributed by atoms with Crippen LogP contribution in [0.25, 0.3) is 0 Å². The Labute approximate surface area is 100.0 Å².